The molecule has 5 unspecified atom stereocenters. The fourth-order valence-electron chi connectivity index (χ4n) is 9.35. The first-order chi connectivity index (χ1) is 31.4. The molecule has 66 heavy (non-hydrogen) atoms. The molecule has 0 radical (unpaired) electrons. The third kappa shape index (κ3) is 11.4. The van der Waals surface area contributed by atoms with Gasteiger partial charge in [-0.3, -0.25) is 29.3 Å². The van der Waals surface area contributed by atoms with Crippen molar-refractivity contribution in [3.63, 3.8) is 0 Å². The number of halogens is 3. The zero-order valence-electron chi connectivity index (χ0n) is 38.7. The molecule has 15 nitrogen and oxygen atoms in total. The molecular weight excluding hydrogens is 882 g/mol. The topological polar surface area (TPSA) is 178 Å². The molecule has 4 heterocycles. The van der Waals surface area contributed by atoms with Gasteiger partial charge in [-0.05, 0) is 88.8 Å². The molecule has 0 bridgehead atoms. The van der Waals surface area contributed by atoms with Gasteiger partial charge >= 0.3 is 6.18 Å². The van der Waals surface area contributed by atoms with Crippen molar-refractivity contribution in [2.24, 2.45) is 11.8 Å². The normalized spacial score (nSPS) is 26.5. The minimum atomic E-state index is -4.92. The Bertz CT molecular complexity index is 2200. The largest absolute Gasteiger partial charge is 0.494 e. The van der Waals surface area contributed by atoms with Crippen LogP contribution in [0.2, 0.25) is 0 Å². The summed E-state index contributed by atoms with van der Waals surface area (Å²) in [6.45, 7) is 11.8. The predicted molar refractivity (Wildman–Crippen MR) is 241 cm³/mol. The van der Waals surface area contributed by atoms with Crippen LogP contribution in [-0.4, -0.2) is 129 Å². The number of aromatic nitrogens is 1. The van der Waals surface area contributed by atoms with Crippen molar-refractivity contribution >= 4 is 38.6 Å². The number of hydrogen-bond acceptors (Lipinski definition) is 12. The van der Waals surface area contributed by atoms with Gasteiger partial charge in [0.1, 0.15) is 23.4 Å². The summed E-state index contributed by atoms with van der Waals surface area (Å²) >= 11 is 0. The lowest BCUT2D eigenvalue weighted by Gasteiger charge is -2.47. The fourth-order valence-corrected chi connectivity index (χ4v) is 10.7. The number of fused-ring (bicyclic) bond motifs is 3. The molecule has 2 saturated carbocycles. The first kappa shape index (κ1) is 49.9. The Morgan fingerprint density at radius 3 is 2.55 bits per heavy atom. The average molecular weight is 949 g/mol. The molecule has 0 spiro atoms. The van der Waals surface area contributed by atoms with E-state index in [2.05, 4.69) is 25.2 Å². The third-order valence-corrected chi connectivity index (χ3v) is 15.9. The van der Waals surface area contributed by atoms with Crippen molar-refractivity contribution in [3.05, 3.63) is 41.6 Å². The number of amides is 3. The highest BCUT2D eigenvalue weighted by Crippen LogP contribution is 2.46. The molecule has 1 aromatic carbocycles. The van der Waals surface area contributed by atoms with E-state index < -0.39 is 79.8 Å². The van der Waals surface area contributed by atoms with Gasteiger partial charge in [-0.15, -0.1) is 0 Å². The molecule has 366 valence electrons. The number of hydrogen-bond donors (Lipinski definition) is 3. The van der Waals surface area contributed by atoms with Gasteiger partial charge in [0.25, 0.3) is 5.91 Å². The second-order valence-electron chi connectivity index (χ2n) is 19.2. The summed E-state index contributed by atoms with van der Waals surface area (Å²) in [6.07, 6.45) is 3.17. The highest BCUT2D eigenvalue weighted by atomic mass is 32.2. The van der Waals surface area contributed by atoms with Crippen LogP contribution in [0.5, 0.6) is 11.5 Å². The van der Waals surface area contributed by atoms with E-state index in [9.17, 15) is 22.8 Å². The Kier molecular flexibility index (Phi) is 15.9. The number of nitrogens with zero attached hydrogens (tertiary/aromatic N) is 3. The number of ether oxygens (including phenoxy) is 4. The van der Waals surface area contributed by atoms with Gasteiger partial charge in [-0.25, -0.2) is 13.4 Å². The number of benzene rings is 1. The summed E-state index contributed by atoms with van der Waals surface area (Å²) < 4.78 is 96.7. The van der Waals surface area contributed by atoms with E-state index in [1.54, 1.807) is 26.0 Å². The smallest absolute Gasteiger partial charge is 0.437 e. The molecule has 2 aliphatic carbocycles. The molecule has 3 amide bonds. The maximum Gasteiger partial charge on any atom is 0.437 e. The summed E-state index contributed by atoms with van der Waals surface area (Å²) in [7, 11) is -4.08. The van der Waals surface area contributed by atoms with E-state index in [1.807, 2.05) is 26.0 Å². The Labute approximate surface area is 386 Å². The third-order valence-electron chi connectivity index (χ3n) is 13.7. The molecule has 4 fully saturated rings. The SMILES string of the molecule is CCc1c(OC2CC3C(=O)NC4(C(=O)NS(=O)(=O)C5(C)CC5)CCC4C=CCCCCCC(NCOCC(C)C)C(=O)N3C2)c(C(F)(F)F)nc2ccc(OCCCN3CCOCC3)cc12. The highest BCUT2D eigenvalue weighted by Gasteiger charge is 2.58. The van der Waals surface area contributed by atoms with Gasteiger partial charge < -0.3 is 29.2 Å². The van der Waals surface area contributed by atoms with Crippen LogP contribution in [0.3, 0.4) is 0 Å². The van der Waals surface area contributed by atoms with Crippen LogP contribution in [0.15, 0.2) is 30.4 Å². The zero-order valence-corrected chi connectivity index (χ0v) is 39.5. The molecule has 19 heteroatoms. The Morgan fingerprint density at radius 1 is 1.09 bits per heavy atom. The van der Waals surface area contributed by atoms with Gasteiger partial charge in [0.15, 0.2) is 11.4 Å². The Morgan fingerprint density at radius 2 is 1.86 bits per heavy atom. The Hall–Kier alpha value is -4.04. The van der Waals surface area contributed by atoms with Crippen LogP contribution in [0, 0.1) is 11.8 Å². The maximum absolute atomic E-state index is 15.0. The van der Waals surface area contributed by atoms with Gasteiger partial charge in [0, 0.05) is 42.9 Å². The quantitative estimate of drug-likeness (QED) is 0.108. The second kappa shape index (κ2) is 21.1. The van der Waals surface area contributed by atoms with Crippen LogP contribution >= 0.6 is 0 Å². The minimum Gasteiger partial charge on any atom is -0.494 e. The second-order valence-corrected chi connectivity index (χ2v) is 21.4. The maximum atomic E-state index is 15.0. The van der Waals surface area contributed by atoms with Crippen LogP contribution in [-0.2, 0) is 46.5 Å². The molecule has 5 atom stereocenters. The summed E-state index contributed by atoms with van der Waals surface area (Å²) in [6, 6.07) is 2.69. The van der Waals surface area contributed by atoms with E-state index >= 15 is 13.2 Å². The van der Waals surface area contributed by atoms with Crippen molar-refractivity contribution in [2.75, 3.05) is 59.3 Å². The summed E-state index contributed by atoms with van der Waals surface area (Å²) in [4.78, 5) is 51.4. The van der Waals surface area contributed by atoms with Crippen LogP contribution in [0.4, 0.5) is 13.2 Å². The van der Waals surface area contributed by atoms with Crippen molar-refractivity contribution in [3.8, 4) is 11.5 Å². The first-order valence-electron chi connectivity index (χ1n) is 23.7. The Balaban J connectivity index is 1.20. The molecule has 3 aliphatic heterocycles. The number of carbonyl (C=O) groups excluding carboxylic acids is 3. The lowest BCUT2D eigenvalue weighted by Crippen LogP contribution is -2.70. The number of pyridine rings is 1. The molecule has 3 N–H and O–H groups in total. The van der Waals surface area contributed by atoms with Gasteiger partial charge in [-0.1, -0.05) is 45.8 Å². The van der Waals surface area contributed by atoms with Gasteiger partial charge in [0.2, 0.25) is 21.8 Å². The standard InChI is InChI=1S/C47H67F3N6O9S/c1-5-35-36-26-33(64-23-11-20-55-21-24-62-25-22-55)14-15-37(36)52-41(47(48,49)50)40(35)65-34-27-39-42(57)53-46(44(59)54-66(60,61)45(4)18-19-45)17-16-32(46)12-9-7-6-8-10-13-38(43(58)56(39)28-34)51-30-63-29-31(2)3/h9,12,14-15,26,31-32,34,38-39,51H,5-8,10-11,13,16-25,27-30H2,1-4H3,(H,53,57)(H,54,59). The average Bonchev–Trinajstić information content (AvgIpc) is 3.90. The van der Waals surface area contributed by atoms with Crippen LogP contribution in [0.25, 0.3) is 10.9 Å². The first-order valence-corrected chi connectivity index (χ1v) is 25.2. The molecule has 5 aliphatic rings. The van der Waals surface area contributed by atoms with Gasteiger partial charge in [-0.2, -0.15) is 13.2 Å². The number of sulfonamides is 1. The van der Waals surface area contributed by atoms with E-state index in [4.69, 9.17) is 18.9 Å². The highest BCUT2D eigenvalue weighted by molar-refractivity contribution is 7.91. The van der Waals surface area contributed by atoms with E-state index in [1.165, 1.54) is 11.0 Å². The fraction of sp³-hybridized carbons (Fsp3) is 0.702. The number of aryl methyl sites for hydroxylation is 1. The van der Waals surface area contributed by atoms with Crippen molar-refractivity contribution < 1.29 is 54.9 Å². The number of alkyl halides is 3. The number of allylic oxidation sites excluding steroid dienone is 1. The molecule has 2 aromatic rings. The van der Waals surface area contributed by atoms with E-state index in [-0.39, 0.29) is 49.5 Å². The lowest BCUT2D eigenvalue weighted by atomic mass is 9.65. The summed E-state index contributed by atoms with van der Waals surface area (Å²) in [5.74, 6) is -2.38. The molecule has 1 aromatic heterocycles. The number of rotatable bonds is 16. The predicted octanol–water partition coefficient (Wildman–Crippen LogP) is 5.64. The number of carbonyl (C=O) groups is 3. The lowest BCUT2D eigenvalue weighted by molar-refractivity contribution is -0.145. The van der Waals surface area contributed by atoms with Crippen molar-refractivity contribution in [1.29, 1.82) is 0 Å². The molecule has 2 saturated heterocycles. The molecular formula is C47H67F3N6O9S. The van der Waals surface area contributed by atoms with Crippen LogP contribution < -0.4 is 24.8 Å². The van der Waals surface area contributed by atoms with Crippen molar-refractivity contribution in [2.45, 2.75) is 139 Å². The minimum absolute atomic E-state index is 0.0530. The van der Waals surface area contributed by atoms with Crippen molar-refractivity contribution in [1.82, 2.24) is 30.1 Å². The number of morpholine rings is 1. The monoisotopic (exact) mass is 948 g/mol. The zero-order chi connectivity index (χ0) is 47.3. The van der Waals surface area contributed by atoms with E-state index in [0.717, 1.165) is 38.9 Å². The number of nitrogens with one attached hydrogen (secondary N) is 3. The molecule has 7 rings (SSSR count). The summed E-state index contributed by atoms with van der Waals surface area (Å²) in [5, 5.41) is 6.53. The van der Waals surface area contributed by atoms with E-state index in [0.29, 0.717) is 76.1 Å². The summed E-state index contributed by atoms with van der Waals surface area (Å²) in [5.41, 5.74) is -2.51. The van der Waals surface area contributed by atoms with Crippen LogP contribution in [0.1, 0.15) is 110 Å². The van der Waals surface area contributed by atoms with Gasteiger partial charge in [0.05, 0.1) is 56.0 Å².